The smallest absolute Gasteiger partial charge is 0.335 e. The normalized spacial score (nSPS) is 20.3. The number of allylic oxidation sites excluding steroid dienone is 1. The van der Waals surface area contributed by atoms with Gasteiger partial charge in [-0.1, -0.05) is 18.2 Å². The second kappa shape index (κ2) is 12.4. The van der Waals surface area contributed by atoms with Crippen LogP contribution >= 0.6 is 11.8 Å². The number of para-hydroxylation sites is 1. The highest BCUT2D eigenvalue weighted by atomic mass is 32.2. The third-order valence-electron chi connectivity index (χ3n) is 6.82. The average Bonchev–Trinajstić information content (AvgIpc) is 3.36. The summed E-state index contributed by atoms with van der Waals surface area (Å²) in [5.41, 5.74) is 9.33. The number of aliphatic carboxylic acids is 1. The van der Waals surface area contributed by atoms with E-state index >= 15 is 0 Å². The second-order valence-corrected chi connectivity index (χ2v) is 9.92. The predicted octanol–water partition coefficient (Wildman–Crippen LogP) is 4.14. The van der Waals surface area contributed by atoms with Gasteiger partial charge in [0.2, 0.25) is 0 Å². The number of nitrogens with one attached hydrogen (secondary N) is 1. The van der Waals surface area contributed by atoms with Crippen LogP contribution < -0.4 is 11.1 Å². The van der Waals surface area contributed by atoms with Crippen molar-refractivity contribution in [1.29, 1.82) is 0 Å². The maximum atomic E-state index is 12.1. The Morgan fingerprint density at radius 2 is 2.05 bits per heavy atom. The topological polar surface area (TPSA) is 136 Å². The van der Waals surface area contributed by atoms with Gasteiger partial charge in [-0.15, -0.1) is 11.8 Å². The van der Waals surface area contributed by atoms with E-state index in [1.807, 2.05) is 49.8 Å². The number of hydrogen-bond acceptors (Lipinski definition) is 9. The number of hydrogen-bond donors (Lipinski definition) is 3. The van der Waals surface area contributed by atoms with E-state index in [1.165, 1.54) is 11.8 Å². The molecule has 0 radical (unpaired) electrons. The highest BCUT2D eigenvalue weighted by molar-refractivity contribution is 7.98. The summed E-state index contributed by atoms with van der Waals surface area (Å²) in [5.74, 6) is -0.377. The number of ether oxygens (including phenoxy) is 2. The molecule has 0 spiro atoms. The summed E-state index contributed by atoms with van der Waals surface area (Å²) in [6.45, 7) is 0.592. The average molecular weight is 539 g/mol. The zero-order chi connectivity index (χ0) is 27.1. The molecule has 0 amide bonds. The Labute approximate surface area is 226 Å². The van der Waals surface area contributed by atoms with Gasteiger partial charge in [-0.3, -0.25) is 4.99 Å². The SMILES string of the molecule is CN/C=C(\C=N\c1ccccc1)c1cnn2c(N)c(SC)c([C@H]3CC[C@@](OCCOC)(C(=O)O)CC3)nc12. The molecule has 4 N–H and O–H groups in total. The maximum Gasteiger partial charge on any atom is 0.335 e. The van der Waals surface area contributed by atoms with Crippen molar-refractivity contribution in [2.75, 3.05) is 39.4 Å². The summed E-state index contributed by atoms with van der Waals surface area (Å²) < 4.78 is 12.5. The molecule has 2 aromatic heterocycles. The second-order valence-electron chi connectivity index (χ2n) is 9.11. The van der Waals surface area contributed by atoms with Crippen molar-refractivity contribution >= 4 is 46.7 Å². The van der Waals surface area contributed by atoms with Gasteiger partial charge in [-0.25, -0.2) is 9.78 Å². The lowest BCUT2D eigenvalue weighted by molar-refractivity contribution is -0.173. The van der Waals surface area contributed by atoms with Crippen LogP contribution in [0.15, 0.2) is 52.6 Å². The molecule has 0 bridgehead atoms. The molecule has 10 nitrogen and oxygen atoms in total. The minimum Gasteiger partial charge on any atom is -0.479 e. The van der Waals surface area contributed by atoms with E-state index in [0.717, 1.165) is 27.4 Å². The molecule has 2 heterocycles. The van der Waals surface area contributed by atoms with Gasteiger partial charge < -0.3 is 25.6 Å². The zero-order valence-corrected chi connectivity index (χ0v) is 22.7. The Balaban J connectivity index is 1.68. The third-order valence-corrected chi connectivity index (χ3v) is 7.65. The van der Waals surface area contributed by atoms with Crippen molar-refractivity contribution in [2.24, 2.45) is 4.99 Å². The van der Waals surface area contributed by atoms with Crippen LogP contribution in [0, 0.1) is 0 Å². The van der Waals surface area contributed by atoms with E-state index in [1.54, 1.807) is 24.0 Å². The molecule has 1 saturated carbocycles. The molecule has 1 aliphatic carbocycles. The molecule has 1 aliphatic rings. The number of nitrogens with two attached hydrogens (primary N) is 1. The lowest BCUT2D eigenvalue weighted by Gasteiger charge is -2.37. The van der Waals surface area contributed by atoms with E-state index in [0.29, 0.717) is 43.8 Å². The first-order valence-electron chi connectivity index (χ1n) is 12.5. The van der Waals surface area contributed by atoms with Gasteiger partial charge in [-0.05, 0) is 44.1 Å². The molecule has 38 heavy (non-hydrogen) atoms. The van der Waals surface area contributed by atoms with Crippen molar-refractivity contribution < 1.29 is 19.4 Å². The number of aliphatic imine (C=N–C) groups is 1. The van der Waals surface area contributed by atoms with Crippen molar-refractivity contribution in [2.45, 2.75) is 42.1 Å². The molecule has 1 fully saturated rings. The summed E-state index contributed by atoms with van der Waals surface area (Å²) >= 11 is 1.52. The zero-order valence-electron chi connectivity index (χ0n) is 21.9. The fourth-order valence-corrected chi connectivity index (χ4v) is 5.52. The van der Waals surface area contributed by atoms with E-state index in [4.69, 9.17) is 20.2 Å². The molecule has 4 rings (SSSR count). The summed E-state index contributed by atoms with van der Waals surface area (Å²) in [4.78, 5) is 22.7. The van der Waals surface area contributed by atoms with E-state index < -0.39 is 11.6 Å². The number of fused-ring (bicyclic) bond motifs is 1. The van der Waals surface area contributed by atoms with Gasteiger partial charge in [0.15, 0.2) is 11.2 Å². The van der Waals surface area contributed by atoms with Crippen molar-refractivity contribution in [3.63, 3.8) is 0 Å². The van der Waals surface area contributed by atoms with Crippen LogP contribution in [0.2, 0.25) is 0 Å². The van der Waals surface area contributed by atoms with Gasteiger partial charge in [0.1, 0.15) is 5.82 Å². The number of rotatable bonds is 11. The van der Waals surface area contributed by atoms with Crippen molar-refractivity contribution in [1.82, 2.24) is 19.9 Å². The molecular weight excluding hydrogens is 504 g/mol. The largest absolute Gasteiger partial charge is 0.479 e. The van der Waals surface area contributed by atoms with Crippen LogP contribution in [0.3, 0.4) is 0 Å². The summed E-state index contributed by atoms with van der Waals surface area (Å²) in [5, 5.41) is 17.6. The maximum absolute atomic E-state index is 12.1. The van der Waals surface area contributed by atoms with Crippen LogP contribution in [0.4, 0.5) is 11.5 Å². The molecule has 0 aliphatic heterocycles. The summed E-state index contributed by atoms with van der Waals surface area (Å²) in [7, 11) is 3.39. The molecule has 0 atom stereocenters. The minimum atomic E-state index is -1.21. The highest BCUT2D eigenvalue weighted by Crippen LogP contribution is 2.43. The summed E-state index contributed by atoms with van der Waals surface area (Å²) in [6, 6.07) is 9.69. The number of thioether (sulfide) groups is 1. The van der Waals surface area contributed by atoms with Crippen LogP contribution in [0.25, 0.3) is 11.2 Å². The number of carbonyl (C=O) groups is 1. The molecule has 0 unspecified atom stereocenters. The van der Waals surface area contributed by atoms with E-state index in [9.17, 15) is 9.90 Å². The van der Waals surface area contributed by atoms with Crippen LogP contribution in [0.1, 0.15) is 42.9 Å². The Kier molecular flexibility index (Phi) is 9.03. The molecule has 1 aromatic carbocycles. The highest BCUT2D eigenvalue weighted by Gasteiger charge is 2.44. The van der Waals surface area contributed by atoms with Gasteiger partial charge in [0.05, 0.1) is 35.7 Å². The summed E-state index contributed by atoms with van der Waals surface area (Å²) in [6.07, 6.45) is 9.35. The number of nitrogens with zero attached hydrogens (tertiary/aromatic N) is 4. The Hall–Kier alpha value is -3.41. The minimum absolute atomic E-state index is 0.0423. The first kappa shape index (κ1) is 27.6. The van der Waals surface area contributed by atoms with E-state index in [2.05, 4.69) is 15.4 Å². The van der Waals surface area contributed by atoms with Crippen LogP contribution in [0.5, 0.6) is 0 Å². The molecule has 202 valence electrons. The lowest BCUT2D eigenvalue weighted by Crippen LogP contribution is -2.45. The number of aromatic nitrogens is 3. The number of carboxylic acid groups (broad SMARTS) is 1. The number of methoxy groups -OCH3 is 1. The van der Waals surface area contributed by atoms with Crippen LogP contribution in [-0.2, 0) is 14.3 Å². The van der Waals surface area contributed by atoms with Crippen molar-refractivity contribution in [3.8, 4) is 0 Å². The predicted molar refractivity (Wildman–Crippen MR) is 150 cm³/mol. The van der Waals surface area contributed by atoms with Gasteiger partial charge in [0.25, 0.3) is 0 Å². The standard InChI is InChI=1S/C27H34N6O4S/c1-29-15-19(16-30-20-7-5-4-6-8-20)21-17-31-33-24(28)23(38-3)22(32-25(21)33)18-9-11-27(12-10-18,26(34)35)37-14-13-36-2/h4-8,15-18,29H,9-14,28H2,1-3H3,(H,34,35)/b19-15+,30-16+/t18-,27-. The van der Waals surface area contributed by atoms with Gasteiger partial charge in [-0.2, -0.15) is 9.61 Å². The molecular formula is C27H34N6O4S. The van der Waals surface area contributed by atoms with E-state index in [-0.39, 0.29) is 12.5 Å². The van der Waals surface area contributed by atoms with Crippen molar-refractivity contribution in [3.05, 3.63) is 54.0 Å². The number of nitrogen functional groups attached to an aromatic ring is 1. The number of carboxylic acids is 1. The van der Waals surface area contributed by atoms with Crippen LogP contribution in [-0.4, -0.2) is 71.1 Å². The Morgan fingerprint density at radius 1 is 1.32 bits per heavy atom. The van der Waals surface area contributed by atoms with Gasteiger partial charge >= 0.3 is 5.97 Å². The monoisotopic (exact) mass is 538 g/mol. The first-order valence-corrected chi connectivity index (χ1v) is 13.7. The Bertz CT molecular complexity index is 1320. The third kappa shape index (κ3) is 5.69. The quantitative estimate of drug-likeness (QED) is 0.187. The molecule has 11 heteroatoms. The number of anilines is 1. The fraction of sp³-hybridized carbons (Fsp3) is 0.407. The molecule has 0 saturated heterocycles. The fourth-order valence-electron chi connectivity index (χ4n) is 4.80. The number of benzene rings is 1. The Morgan fingerprint density at radius 3 is 2.68 bits per heavy atom. The first-order chi connectivity index (χ1) is 18.4. The van der Waals surface area contributed by atoms with Gasteiger partial charge in [0, 0.05) is 43.6 Å². The molecule has 3 aromatic rings. The lowest BCUT2D eigenvalue weighted by atomic mass is 9.77.